The standard InChI is InChI=1S/C12H13N3O3/c1-17-8-10(16)13-7-11-14-12(15-18-11)9-5-3-2-4-6-9/h2-6H,7-8H2,1H3,(H,13,16). The zero-order valence-corrected chi connectivity index (χ0v) is 9.92. The first-order valence-electron chi connectivity index (χ1n) is 5.43. The summed E-state index contributed by atoms with van der Waals surface area (Å²) in [5.41, 5.74) is 0.871. The van der Waals surface area contributed by atoms with Gasteiger partial charge in [0.1, 0.15) is 6.61 Å². The van der Waals surface area contributed by atoms with E-state index in [-0.39, 0.29) is 19.1 Å². The van der Waals surface area contributed by atoms with Gasteiger partial charge >= 0.3 is 0 Å². The summed E-state index contributed by atoms with van der Waals surface area (Å²) in [6.07, 6.45) is 0. The van der Waals surface area contributed by atoms with Gasteiger partial charge in [-0.1, -0.05) is 35.5 Å². The third-order valence-corrected chi connectivity index (χ3v) is 2.21. The molecule has 0 radical (unpaired) electrons. The van der Waals surface area contributed by atoms with Crippen LogP contribution in [0.25, 0.3) is 11.4 Å². The van der Waals surface area contributed by atoms with Crippen molar-refractivity contribution >= 4 is 5.91 Å². The van der Waals surface area contributed by atoms with E-state index in [4.69, 9.17) is 4.52 Å². The highest BCUT2D eigenvalue weighted by Gasteiger charge is 2.09. The highest BCUT2D eigenvalue weighted by Crippen LogP contribution is 2.14. The fraction of sp³-hybridized carbons (Fsp3) is 0.250. The first kappa shape index (κ1) is 12.3. The summed E-state index contributed by atoms with van der Waals surface area (Å²) in [7, 11) is 1.46. The van der Waals surface area contributed by atoms with Crippen molar-refractivity contribution in [1.82, 2.24) is 15.5 Å². The molecule has 0 bridgehead atoms. The Hall–Kier alpha value is -2.21. The summed E-state index contributed by atoms with van der Waals surface area (Å²) in [6.45, 7) is 0.210. The Kier molecular flexibility index (Phi) is 4.03. The third kappa shape index (κ3) is 3.14. The van der Waals surface area contributed by atoms with E-state index in [0.717, 1.165) is 5.56 Å². The topological polar surface area (TPSA) is 77.2 Å². The van der Waals surface area contributed by atoms with Crippen molar-refractivity contribution in [1.29, 1.82) is 0 Å². The first-order valence-corrected chi connectivity index (χ1v) is 5.43. The normalized spacial score (nSPS) is 10.3. The lowest BCUT2D eigenvalue weighted by atomic mass is 10.2. The Balaban J connectivity index is 1.97. The van der Waals surface area contributed by atoms with Gasteiger partial charge in [0, 0.05) is 12.7 Å². The molecule has 0 fully saturated rings. The Morgan fingerprint density at radius 2 is 2.17 bits per heavy atom. The number of amides is 1. The largest absolute Gasteiger partial charge is 0.375 e. The number of hydrogen-bond donors (Lipinski definition) is 1. The Labute approximate surface area is 104 Å². The molecule has 0 atom stereocenters. The van der Waals surface area contributed by atoms with Crippen molar-refractivity contribution in [2.24, 2.45) is 0 Å². The van der Waals surface area contributed by atoms with E-state index >= 15 is 0 Å². The van der Waals surface area contributed by atoms with Crippen LogP contribution in [-0.4, -0.2) is 29.8 Å². The van der Waals surface area contributed by atoms with Gasteiger partial charge in [-0.3, -0.25) is 4.79 Å². The number of ether oxygens (including phenoxy) is 1. The zero-order chi connectivity index (χ0) is 12.8. The van der Waals surface area contributed by atoms with Gasteiger partial charge in [0.15, 0.2) is 0 Å². The number of nitrogens with one attached hydrogen (secondary N) is 1. The number of aromatic nitrogens is 2. The summed E-state index contributed by atoms with van der Waals surface area (Å²) in [5, 5.41) is 6.45. The van der Waals surface area contributed by atoms with Crippen LogP contribution in [0.4, 0.5) is 0 Å². The molecule has 1 N–H and O–H groups in total. The van der Waals surface area contributed by atoms with Gasteiger partial charge in [0.2, 0.25) is 17.6 Å². The van der Waals surface area contributed by atoms with Crippen molar-refractivity contribution in [3.63, 3.8) is 0 Å². The van der Waals surface area contributed by atoms with Gasteiger partial charge in [0.05, 0.1) is 6.54 Å². The van der Waals surface area contributed by atoms with Crippen LogP contribution in [-0.2, 0) is 16.1 Å². The van der Waals surface area contributed by atoms with Gasteiger partial charge in [0.25, 0.3) is 0 Å². The number of carbonyl (C=O) groups excluding carboxylic acids is 1. The Morgan fingerprint density at radius 1 is 1.39 bits per heavy atom. The molecule has 1 aromatic carbocycles. The summed E-state index contributed by atoms with van der Waals surface area (Å²) >= 11 is 0. The van der Waals surface area contributed by atoms with Crippen LogP contribution in [0.5, 0.6) is 0 Å². The summed E-state index contributed by atoms with van der Waals surface area (Å²) in [6, 6.07) is 9.48. The van der Waals surface area contributed by atoms with Crippen molar-refractivity contribution in [3.8, 4) is 11.4 Å². The lowest BCUT2D eigenvalue weighted by Gasteiger charge is -1.99. The van der Waals surface area contributed by atoms with Crippen molar-refractivity contribution in [2.75, 3.05) is 13.7 Å². The maximum absolute atomic E-state index is 11.2. The molecular formula is C12H13N3O3. The zero-order valence-electron chi connectivity index (χ0n) is 9.92. The second-order valence-electron chi connectivity index (χ2n) is 3.59. The molecule has 0 unspecified atom stereocenters. The maximum atomic E-state index is 11.2. The summed E-state index contributed by atoms with van der Waals surface area (Å²) in [4.78, 5) is 15.3. The molecule has 94 valence electrons. The van der Waals surface area contributed by atoms with Crippen LogP contribution < -0.4 is 5.32 Å². The molecule has 6 nitrogen and oxygen atoms in total. The molecule has 18 heavy (non-hydrogen) atoms. The number of methoxy groups -OCH3 is 1. The number of nitrogens with zero attached hydrogens (tertiary/aromatic N) is 2. The van der Waals surface area contributed by atoms with E-state index in [1.54, 1.807) is 0 Å². The van der Waals surface area contributed by atoms with Gasteiger partial charge in [-0.15, -0.1) is 0 Å². The molecule has 2 rings (SSSR count). The molecule has 0 saturated carbocycles. The van der Waals surface area contributed by atoms with Crippen LogP contribution >= 0.6 is 0 Å². The van der Waals surface area contributed by atoms with Crippen LogP contribution in [0.1, 0.15) is 5.89 Å². The SMILES string of the molecule is COCC(=O)NCc1nc(-c2ccccc2)no1. The molecule has 2 aromatic rings. The monoisotopic (exact) mass is 247 g/mol. The van der Waals surface area contributed by atoms with Crippen LogP contribution in [0.15, 0.2) is 34.9 Å². The highest BCUT2D eigenvalue weighted by molar-refractivity contribution is 5.77. The van der Waals surface area contributed by atoms with E-state index < -0.39 is 0 Å². The molecule has 0 saturated heterocycles. The summed E-state index contributed by atoms with van der Waals surface area (Å²) < 4.78 is 9.72. The van der Waals surface area contributed by atoms with Crippen molar-refractivity contribution in [2.45, 2.75) is 6.54 Å². The van der Waals surface area contributed by atoms with E-state index in [2.05, 4.69) is 20.2 Å². The average Bonchev–Trinajstić information content (AvgIpc) is 2.87. The predicted molar refractivity (Wildman–Crippen MR) is 63.5 cm³/mol. The van der Waals surface area contributed by atoms with Crippen LogP contribution in [0.3, 0.4) is 0 Å². The minimum Gasteiger partial charge on any atom is -0.375 e. The lowest BCUT2D eigenvalue weighted by molar-refractivity contribution is -0.125. The average molecular weight is 247 g/mol. The molecule has 1 amide bonds. The van der Waals surface area contributed by atoms with Crippen molar-refractivity contribution in [3.05, 3.63) is 36.2 Å². The predicted octanol–water partition coefficient (Wildman–Crippen LogP) is 0.999. The minimum atomic E-state index is -0.225. The van der Waals surface area contributed by atoms with E-state index in [1.807, 2.05) is 30.3 Å². The van der Waals surface area contributed by atoms with Crippen LogP contribution in [0, 0.1) is 0 Å². The minimum absolute atomic E-state index is 0.0136. The van der Waals surface area contributed by atoms with E-state index in [1.165, 1.54) is 7.11 Å². The molecular weight excluding hydrogens is 234 g/mol. The maximum Gasteiger partial charge on any atom is 0.246 e. The quantitative estimate of drug-likeness (QED) is 0.852. The number of rotatable bonds is 5. The molecule has 0 aliphatic carbocycles. The molecule has 1 aromatic heterocycles. The Morgan fingerprint density at radius 3 is 2.89 bits per heavy atom. The van der Waals surface area contributed by atoms with Gasteiger partial charge in [-0.25, -0.2) is 0 Å². The third-order valence-electron chi connectivity index (χ3n) is 2.21. The van der Waals surface area contributed by atoms with Gasteiger partial charge in [-0.2, -0.15) is 4.98 Å². The number of hydrogen-bond acceptors (Lipinski definition) is 5. The smallest absolute Gasteiger partial charge is 0.246 e. The van der Waals surface area contributed by atoms with Gasteiger partial charge < -0.3 is 14.6 Å². The molecule has 0 spiro atoms. The lowest BCUT2D eigenvalue weighted by Crippen LogP contribution is -2.26. The number of carbonyl (C=O) groups is 1. The van der Waals surface area contributed by atoms with Crippen LogP contribution in [0.2, 0.25) is 0 Å². The fourth-order valence-electron chi connectivity index (χ4n) is 1.39. The van der Waals surface area contributed by atoms with E-state index in [0.29, 0.717) is 11.7 Å². The van der Waals surface area contributed by atoms with E-state index in [9.17, 15) is 4.79 Å². The first-order chi connectivity index (χ1) is 8.79. The molecule has 0 aliphatic rings. The second-order valence-corrected chi connectivity index (χ2v) is 3.59. The van der Waals surface area contributed by atoms with Gasteiger partial charge in [-0.05, 0) is 0 Å². The molecule has 1 heterocycles. The summed E-state index contributed by atoms with van der Waals surface area (Å²) in [5.74, 6) is 0.641. The van der Waals surface area contributed by atoms with Crippen molar-refractivity contribution < 1.29 is 14.1 Å². The number of benzene rings is 1. The fourth-order valence-corrected chi connectivity index (χ4v) is 1.39. The molecule has 0 aliphatic heterocycles. The second kappa shape index (κ2) is 5.92. The molecule has 6 heteroatoms. The Bertz CT molecular complexity index is 510. The highest BCUT2D eigenvalue weighted by atomic mass is 16.5.